The smallest absolute Gasteiger partial charge is 0.229 e. The minimum absolute atomic E-state index is 0.0261. The number of rotatable bonds is 5. The number of aliphatic hydroxyl groups is 1. The molecule has 0 aliphatic carbocycles. The zero-order valence-corrected chi connectivity index (χ0v) is 11.9. The van der Waals surface area contributed by atoms with Gasteiger partial charge in [0.05, 0.1) is 0 Å². The van der Waals surface area contributed by atoms with Crippen molar-refractivity contribution in [1.82, 2.24) is 15.0 Å². The van der Waals surface area contributed by atoms with Gasteiger partial charge in [-0.05, 0) is 23.4 Å². The van der Waals surface area contributed by atoms with Crippen LogP contribution in [0.3, 0.4) is 0 Å². The van der Waals surface area contributed by atoms with E-state index in [-0.39, 0.29) is 23.3 Å². The van der Waals surface area contributed by atoms with Crippen LogP contribution < -0.4 is 10.6 Å². The number of nitrogens with one attached hydrogen (secondary N) is 2. The lowest BCUT2D eigenvalue weighted by molar-refractivity contribution is 0.235. The van der Waals surface area contributed by atoms with E-state index in [1.165, 1.54) is 0 Å². The Bertz CT molecular complexity index is 394. The highest BCUT2D eigenvalue weighted by Crippen LogP contribution is 2.24. The Kier molecular flexibility index (Phi) is 5.10. The van der Waals surface area contributed by atoms with Gasteiger partial charge < -0.3 is 15.7 Å². The highest BCUT2D eigenvalue weighted by atomic mass is 35.5. The molecule has 1 atom stereocenters. The zero-order valence-electron chi connectivity index (χ0n) is 11.2. The molecule has 0 aromatic carbocycles. The number of anilines is 2. The van der Waals surface area contributed by atoms with E-state index in [0.29, 0.717) is 18.3 Å². The molecule has 6 nitrogen and oxygen atoms in total. The van der Waals surface area contributed by atoms with Crippen molar-refractivity contribution in [1.29, 1.82) is 0 Å². The Balaban J connectivity index is 2.90. The minimum Gasteiger partial charge on any atom is -0.396 e. The quantitative estimate of drug-likeness (QED) is 0.758. The summed E-state index contributed by atoms with van der Waals surface area (Å²) in [5.41, 5.74) is -0.0261. The van der Waals surface area contributed by atoms with Gasteiger partial charge in [-0.25, -0.2) is 0 Å². The summed E-state index contributed by atoms with van der Waals surface area (Å²) >= 11 is 5.81. The maximum atomic E-state index is 9.10. The standard InChI is InChI=1S/C11H20ClN5O/c1-11(2,3)7(5-6-18)14-10-16-8(12)15-9(13-4)17-10/h7,18H,5-6H2,1-4H3,(H2,13,14,15,16,17). The highest BCUT2D eigenvalue weighted by Gasteiger charge is 2.25. The Labute approximate surface area is 112 Å². The summed E-state index contributed by atoms with van der Waals surface area (Å²) in [5.74, 6) is 0.821. The fourth-order valence-electron chi connectivity index (χ4n) is 1.53. The molecular weight excluding hydrogens is 254 g/mol. The summed E-state index contributed by atoms with van der Waals surface area (Å²) in [7, 11) is 1.71. The molecule has 0 saturated heterocycles. The summed E-state index contributed by atoms with van der Waals surface area (Å²) < 4.78 is 0. The van der Waals surface area contributed by atoms with E-state index in [1.807, 2.05) is 0 Å². The monoisotopic (exact) mass is 273 g/mol. The first-order chi connectivity index (χ1) is 8.36. The molecule has 0 amide bonds. The first-order valence-corrected chi connectivity index (χ1v) is 6.21. The number of aromatic nitrogens is 3. The summed E-state index contributed by atoms with van der Waals surface area (Å²) in [6, 6.07) is 0.0469. The lowest BCUT2D eigenvalue weighted by atomic mass is 9.85. The molecule has 1 aromatic rings. The molecule has 7 heteroatoms. The van der Waals surface area contributed by atoms with Gasteiger partial charge in [-0.1, -0.05) is 20.8 Å². The van der Waals surface area contributed by atoms with E-state index in [2.05, 4.69) is 46.4 Å². The predicted octanol–water partition coefficient (Wildman–Crippen LogP) is 1.78. The maximum Gasteiger partial charge on any atom is 0.229 e. The fourth-order valence-corrected chi connectivity index (χ4v) is 1.69. The topological polar surface area (TPSA) is 83.0 Å². The molecular formula is C11H20ClN5O. The van der Waals surface area contributed by atoms with Gasteiger partial charge in [0.1, 0.15) is 0 Å². The van der Waals surface area contributed by atoms with Crippen molar-refractivity contribution in [3.05, 3.63) is 5.28 Å². The third-order valence-electron chi connectivity index (χ3n) is 2.60. The molecule has 1 heterocycles. The molecule has 3 N–H and O–H groups in total. The van der Waals surface area contributed by atoms with Crippen molar-refractivity contribution < 1.29 is 5.11 Å². The maximum absolute atomic E-state index is 9.10. The van der Waals surface area contributed by atoms with Gasteiger partial charge >= 0.3 is 0 Å². The Hall–Kier alpha value is -1.14. The van der Waals surface area contributed by atoms with Crippen LogP contribution in [0.5, 0.6) is 0 Å². The van der Waals surface area contributed by atoms with Crippen LogP contribution in [-0.4, -0.2) is 39.8 Å². The molecule has 1 unspecified atom stereocenters. The van der Waals surface area contributed by atoms with Gasteiger partial charge in [0.2, 0.25) is 17.2 Å². The van der Waals surface area contributed by atoms with Crippen LogP contribution in [0.2, 0.25) is 5.28 Å². The van der Waals surface area contributed by atoms with Crippen LogP contribution >= 0.6 is 11.6 Å². The molecule has 102 valence electrons. The number of aliphatic hydroxyl groups excluding tert-OH is 1. The average molecular weight is 274 g/mol. The molecule has 0 aliphatic heterocycles. The fraction of sp³-hybridized carbons (Fsp3) is 0.727. The zero-order chi connectivity index (χ0) is 13.8. The number of hydrogen-bond acceptors (Lipinski definition) is 6. The van der Waals surface area contributed by atoms with Gasteiger partial charge in [0.15, 0.2) is 0 Å². The average Bonchev–Trinajstić information content (AvgIpc) is 2.26. The van der Waals surface area contributed by atoms with Gasteiger partial charge in [0.25, 0.3) is 0 Å². The summed E-state index contributed by atoms with van der Waals surface area (Å²) in [4.78, 5) is 12.1. The molecule has 0 spiro atoms. The largest absolute Gasteiger partial charge is 0.396 e. The van der Waals surface area contributed by atoms with E-state index in [9.17, 15) is 0 Å². The Morgan fingerprint density at radius 3 is 2.33 bits per heavy atom. The Morgan fingerprint density at radius 2 is 1.83 bits per heavy atom. The van der Waals surface area contributed by atoms with E-state index >= 15 is 0 Å². The lowest BCUT2D eigenvalue weighted by Crippen LogP contribution is -2.35. The first kappa shape index (κ1) is 14.9. The van der Waals surface area contributed by atoms with Crippen molar-refractivity contribution in [2.75, 3.05) is 24.3 Å². The van der Waals surface area contributed by atoms with Gasteiger partial charge in [-0.15, -0.1) is 0 Å². The van der Waals surface area contributed by atoms with Gasteiger partial charge in [0, 0.05) is 19.7 Å². The number of nitrogens with zero attached hydrogens (tertiary/aromatic N) is 3. The van der Waals surface area contributed by atoms with Crippen molar-refractivity contribution in [2.45, 2.75) is 33.2 Å². The van der Waals surface area contributed by atoms with Crippen molar-refractivity contribution in [3.8, 4) is 0 Å². The van der Waals surface area contributed by atoms with Crippen LogP contribution in [0, 0.1) is 5.41 Å². The second kappa shape index (κ2) is 6.15. The third kappa shape index (κ3) is 4.27. The van der Waals surface area contributed by atoms with Crippen LogP contribution in [0.1, 0.15) is 27.2 Å². The van der Waals surface area contributed by atoms with Crippen molar-refractivity contribution in [3.63, 3.8) is 0 Å². The summed E-state index contributed by atoms with van der Waals surface area (Å²) in [6.45, 7) is 6.36. The van der Waals surface area contributed by atoms with Crippen LogP contribution in [0.25, 0.3) is 0 Å². The summed E-state index contributed by atoms with van der Waals surface area (Å²) in [5, 5.41) is 15.2. The lowest BCUT2D eigenvalue weighted by Gasteiger charge is -2.31. The molecule has 0 aliphatic rings. The van der Waals surface area contributed by atoms with Crippen molar-refractivity contribution >= 4 is 23.5 Å². The first-order valence-electron chi connectivity index (χ1n) is 5.83. The van der Waals surface area contributed by atoms with E-state index in [4.69, 9.17) is 16.7 Å². The van der Waals surface area contributed by atoms with Crippen LogP contribution in [0.4, 0.5) is 11.9 Å². The van der Waals surface area contributed by atoms with E-state index < -0.39 is 0 Å². The third-order valence-corrected chi connectivity index (χ3v) is 2.77. The number of hydrogen-bond donors (Lipinski definition) is 3. The van der Waals surface area contributed by atoms with Crippen LogP contribution in [0.15, 0.2) is 0 Å². The van der Waals surface area contributed by atoms with E-state index in [0.717, 1.165) is 0 Å². The minimum atomic E-state index is -0.0261. The SMILES string of the molecule is CNc1nc(Cl)nc(NC(CCO)C(C)(C)C)n1. The molecule has 0 fully saturated rings. The summed E-state index contributed by atoms with van der Waals surface area (Å²) in [6.07, 6.45) is 0.613. The molecule has 18 heavy (non-hydrogen) atoms. The van der Waals surface area contributed by atoms with Crippen molar-refractivity contribution in [2.24, 2.45) is 5.41 Å². The molecule has 1 rings (SSSR count). The second-order valence-corrected chi connectivity index (χ2v) is 5.41. The second-order valence-electron chi connectivity index (χ2n) is 5.08. The number of halogens is 1. The molecule has 1 aromatic heterocycles. The molecule has 0 saturated carbocycles. The molecule has 0 bridgehead atoms. The van der Waals surface area contributed by atoms with Crippen LogP contribution in [-0.2, 0) is 0 Å². The normalized spacial score (nSPS) is 13.2. The molecule has 0 radical (unpaired) electrons. The van der Waals surface area contributed by atoms with Gasteiger partial charge in [-0.2, -0.15) is 15.0 Å². The Morgan fingerprint density at radius 1 is 1.22 bits per heavy atom. The highest BCUT2D eigenvalue weighted by molar-refractivity contribution is 6.28. The van der Waals surface area contributed by atoms with Gasteiger partial charge in [-0.3, -0.25) is 0 Å². The van der Waals surface area contributed by atoms with E-state index in [1.54, 1.807) is 7.05 Å². The predicted molar refractivity (Wildman–Crippen MR) is 73.0 cm³/mol.